The van der Waals surface area contributed by atoms with E-state index < -0.39 is 46.3 Å². The maximum atomic E-state index is 13.8. The van der Waals surface area contributed by atoms with Gasteiger partial charge in [-0.1, -0.05) is 31.9 Å². The molecule has 0 radical (unpaired) electrons. The van der Waals surface area contributed by atoms with E-state index in [0.717, 1.165) is 29.7 Å². The molecule has 2 heterocycles. The molecular weight excluding hydrogens is 718 g/mol. The van der Waals surface area contributed by atoms with Crippen LogP contribution in [-0.4, -0.2) is 77.1 Å². The number of nitrogens with one attached hydrogen (secondary N) is 4. The Morgan fingerprint density at radius 2 is 1.80 bits per heavy atom. The maximum Gasteiger partial charge on any atom is 0.329 e. The number of esters is 1. The number of aromatic nitrogens is 6. The van der Waals surface area contributed by atoms with Gasteiger partial charge in [-0.05, 0) is 106 Å². The van der Waals surface area contributed by atoms with Crippen LogP contribution < -0.4 is 21.1 Å². The molecule has 16 nitrogen and oxygen atoms in total. The number of nitrogens with zero attached hydrogens (tertiary/aromatic N) is 5. The van der Waals surface area contributed by atoms with Gasteiger partial charge in [-0.25, -0.2) is 9.78 Å². The van der Waals surface area contributed by atoms with Gasteiger partial charge in [0.05, 0.1) is 29.5 Å². The van der Waals surface area contributed by atoms with Gasteiger partial charge >= 0.3 is 11.9 Å². The summed E-state index contributed by atoms with van der Waals surface area (Å²) in [6, 6.07) is 9.61. The summed E-state index contributed by atoms with van der Waals surface area (Å²) < 4.78 is 5.38. The maximum absolute atomic E-state index is 13.8. The smallest absolute Gasteiger partial charge is 0.329 e. The molecule has 1 aliphatic carbocycles. The molecule has 1 unspecified atom stereocenters. The largest absolute Gasteiger partial charge is 0.479 e. The first-order valence-electron chi connectivity index (χ1n) is 18.5. The molecule has 0 bridgehead atoms. The second kappa shape index (κ2) is 16.3. The molecule has 2 amide bonds. The predicted molar refractivity (Wildman–Crippen MR) is 207 cm³/mol. The van der Waals surface area contributed by atoms with Crippen LogP contribution in [0.15, 0.2) is 41.2 Å². The Labute approximate surface area is 324 Å². The Morgan fingerprint density at radius 3 is 2.41 bits per heavy atom. The first kappa shape index (κ1) is 41.1. The van der Waals surface area contributed by atoms with E-state index in [-0.39, 0.29) is 55.2 Å². The van der Waals surface area contributed by atoms with E-state index >= 15 is 0 Å². The highest BCUT2D eigenvalue weighted by Gasteiger charge is 2.50. The van der Waals surface area contributed by atoms with Gasteiger partial charge in [0.15, 0.2) is 5.82 Å². The molecule has 2 aromatic carbocycles. The molecule has 1 aliphatic rings. The number of carbonyl (C=O) groups is 4. The number of hydrogen-bond donors (Lipinski definition) is 5. The minimum atomic E-state index is -1.87. The molecule has 0 fully saturated rings. The number of carboxylic acids is 1. The van der Waals surface area contributed by atoms with Gasteiger partial charge < -0.3 is 30.4 Å². The molecule has 296 valence electrons. The molecule has 3 atom stereocenters. The van der Waals surface area contributed by atoms with Crippen molar-refractivity contribution in [1.82, 2.24) is 41.2 Å². The Balaban J connectivity index is 1.31. The average molecular weight is 768 g/mol. The summed E-state index contributed by atoms with van der Waals surface area (Å²) in [5, 5.41) is 30.5. The van der Waals surface area contributed by atoms with Crippen LogP contribution in [-0.2, 0) is 25.5 Å². The van der Waals surface area contributed by atoms with Crippen LogP contribution in [0.3, 0.4) is 0 Å². The summed E-state index contributed by atoms with van der Waals surface area (Å²) in [6.07, 6.45) is 6.87. The second-order valence-corrected chi connectivity index (χ2v) is 16.1. The van der Waals surface area contributed by atoms with Crippen molar-refractivity contribution in [1.29, 1.82) is 0 Å². The lowest BCUT2D eigenvalue weighted by molar-refractivity contribution is -0.155. The number of aliphatic carboxylic acids is 1. The van der Waals surface area contributed by atoms with Gasteiger partial charge in [0.1, 0.15) is 17.0 Å². The molecule has 0 saturated carbocycles. The second-order valence-electron chi connectivity index (χ2n) is 16.1. The van der Waals surface area contributed by atoms with E-state index in [0.29, 0.717) is 16.7 Å². The molecule has 2 aromatic heterocycles. The first-order chi connectivity index (χ1) is 26.3. The van der Waals surface area contributed by atoms with Crippen molar-refractivity contribution in [2.75, 3.05) is 11.4 Å². The van der Waals surface area contributed by atoms with Crippen molar-refractivity contribution >= 4 is 40.3 Å². The van der Waals surface area contributed by atoms with Crippen LogP contribution >= 0.6 is 0 Å². The van der Waals surface area contributed by atoms with Crippen LogP contribution in [0, 0.1) is 24.7 Å². The average Bonchev–Trinajstić information content (AvgIpc) is 3.79. The van der Waals surface area contributed by atoms with Gasteiger partial charge in [0.2, 0.25) is 5.91 Å². The van der Waals surface area contributed by atoms with E-state index in [1.165, 1.54) is 0 Å². The summed E-state index contributed by atoms with van der Waals surface area (Å²) in [5.74, 6) is 0.461. The minimum Gasteiger partial charge on any atom is -0.479 e. The quantitative estimate of drug-likeness (QED) is 0.0898. The number of benzene rings is 2. The number of anilines is 1. The number of aromatic amines is 2. The zero-order valence-electron chi connectivity index (χ0n) is 32.8. The van der Waals surface area contributed by atoms with Gasteiger partial charge in [0.25, 0.3) is 11.5 Å². The fourth-order valence-corrected chi connectivity index (χ4v) is 7.12. The van der Waals surface area contributed by atoms with Crippen LogP contribution in [0.2, 0.25) is 0 Å². The van der Waals surface area contributed by atoms with Crippen molar-refractivity contribution in [3.8, 4) is 12.3 Å². The molecular formula is C40H49N9O7. The van der Waals surface area contributed by atoms with Crippen LogP contribution in [0.4, 0.5) is 5.69 Å². The van der Waals surface area contributed by atoms with E-state index in [1.54, 1.807) is 72.7 Å². The monoisotopic (exact) mass is 767 g/mol. The van der Waals surface area contributed by atoms with Crippen LogP contribution in [0.25, 0.3) is 10.9 Å². The Hall–Kier alpha value is -6.11. The number of ether oxygens (including phenoxy) is 1. The Morgan fingerprint density at radius 1 is 1.09 bits per heavy atom. The molecule has 0 saturated heterocycles. The van der Waals surface area contributed by atoms with Crippen molar-refractivity contribution in [2.45, 2.75) is 110 Å². The van der Waals surface area contributed by atoms with Crippen molar-refractivity contribution in [2.24, 2.45) is 5.41 Å². The number of tetrazole rings is 1. The van der Waals surface area contributed by atoms with E-state index in [4.69, 9.17) is 11.2 Å². The van der Waals surface area contributed by atoms with E-state index in [9.17, 15) is 29.1 Å². The Bertz CT molecular complexity index is 2200. The SMILES string of the molecule is C#CCN(c1ccc(C(=O)N[C@@](CCC(=O)N[C@H](CCC(=O)OC(C)(C)C)c2nn[nH]n2)(C(=O)O)C(C)(C)C)cc1)C1CCc2cc3nc(C)[nH]c(=O)c3cc21. The molecule has 5 rings (SSSR count). The zero-order chi connectivity index (χ0) is 41.0. The summed E-state index contributed by atoms with van der Waals surface area (Å²) in [5.41, 5.74) is -0.149. The number of carbonyl (C=O) groups excluding carboxylic acids is 3. The topological polar surface area (TPSA) is 225 Å². The summed E-state index contributed by atoms with van der Waals surface area (Å²) in [6.45, 7) is 12.3. The van der Waals surface area contributed by atoms with Gasteiger partial charge in [-0.15, -0.1) is 16.6 Å². The lowest BCUT2D eigenvalue weighted by atomic mass is 9.70. The zero-order valence-corrected chi connectivity index (χ0v) is 32.8. The number of carboxylic acid groups (broad SMARTS) is 1. The van der Waals surface area contributed by atoms with Crippen LogP contribution in [0.5, 0.6) is 0 Å². The van der Waals surface area contributed by atoms with E-state index in [2.05, 4.69) is 47.1 Å². The third kappa shape index (κ3) is 9.22. The predicted octanol–water partition coefficient (Wildman–Crippen LogP) is 4.23. The number of terminal acetylenes is 1. The number of fused-ring (bicyclic) bond motifs is 2. The molecule has 0 aliphatic heterocycles. The molecule has 16 heteroatoms. The Kier molecular flexibility index (Phi) is 12.0. The third-order valence-electron chi connectivity index (χ3n) is 10.00. The highest BCUT2D eigenvalue weighted by atomic mass is 16.6. The number of rotatable bonds is 14. The highest BCUT2D eigenvalue weighted by molar-refractivity contribution is 5.98. The molecule has 0 spiro atoms. The van der Waals surface area contributed by atoms with E-state index in [1.807, 2.05) is 17.0 Å². The summed E-state index contributed by atoms with van der Waals surface area (Å²) in [4.78, 5) is 74.7. The van der Waals surface area contributed by atoms with Crippen molar-refractivity contribution in [3.63, 3.8) is 0 Å². The first-order valence-corrected chi connectivity index (χ1v) is 18.5. The number of H-pyrrole nitrogens is 2. The number of aryl methyl sites for hydroxylation is 2. The standard InChI is InChI=1S/C40H49N9O7/c1-9-20-49(31-16-12-25-21-30-28(22-27(25)31)36(53)42-23(2)41-30)26-13-10-24(11-14-26)35(52)44-40(37(54)55,38(3,4)5)19-18-32(50)43-29(34-45-47-48-46-34)15-17-33(51)56-39(6,7)8/h1,10-11,13-14,21-22,29,31H,12,15-20H2,2-8H3,(H,43,50)(H,44,52)(H,54,55)(H,41,42,53)(H,45,46,47,48)/t29-,31?,40+/m1/s1. The third-order valence-corrected chi connectivity index (χ3v) is 10.00. The molecule has 5 N–H and O–H groups in total. The van der Waals surface area contributed by atoms with Crippen molar-refractivity contribution < 1.29 is 29.0 Å². The number of amides is 2. The summed E-state index contributed by atoms with van der Waals surface area (Å²) >= 11 is 0. The molecule has 4 aromatic rings. The van der Waals surface area contributed by atoms with Gasteiger partial charge in [-0.2, -0.15) is 5.21 Å². The fourth-order valence-electron chi connectivity index (χ4n) is 7.12. The summed E-state index contributed by atoms with van der Waals surface area (Å²) in [7, 11) is 0. The fraction of sp³-hybridized carbons (Fsp3) is 0.475. The van der Waals surface area contributed by atoms with Gasteiger partial charge in [0, 0.05) is 24.1 Å². The normalized spacial score (nSPS) is 15.6. The minimum absolute atomic E-state index is 0.0448. The molecule has 56 heavy (non-hydrogen) atoms. The van der Waals surface area contributed by atoms with Gasteiger partial charge in [-0.3, -0.25) is 19.2 Å². The lowest BCUT2D eigenvalue weighted by Gasteiger charge is -2.42. The van der Waals surface area contributed by atoms with Crippen LogP contribution in [0.1, 0.15) is 119 Å². The lowest BCUT2D eigenvalue weighted by Crippen LogP contribution is -2.62. The highest BCUT2D eigenvalue weighted by Crippen LogP contribution is 2.40. The number of hydrogen-bond acceptors (Lipinski definition) is 11. The van der Waals surface area contributed by atoms with Crippen molar-refractivity contribution in [3.05, 3.63) is 75.1 Å².